The Hall–Kier alpha value is -1.27. The minimum absolute atomic E-state index is 0.188. The third-order valence-corrected chi connectivity index (χ3v) is 3.29. The maximum Gasteiger partial charge on any atom is 0.329 e. The molecule has 0 atom stereocenters. The minimum Gasteiger partial charge on any atom is -0.283 e. The van der Waals surface area contributed by atoms with E-state index in [2.05, 4.69) is 25.9 Å². The second-order valence-corrected chi connectivity index (χ2v) is 4.91. The first kappa shape index (κ1) is 8.99. The van der Waals surface area contributed by atoms with Crippen LogP contribution in [0.25, 0.3) is 16.3 Å². The summed E-state index contributed by atoms with van der Waals surface area (Å²) in [5.74, 6) is 0.663. The molecule has 1 aromatic rings. The predicted octanol–water partition coefficient (Wildman–Crippen LogP) is 2.02. The van der Waals surface area contributed by atoms with Crippen LogP contribution in [0.2, 0.25) is 0 Å². The van der Waals surface area contributed by atoms with Crippen molar-refractivity contribution in [3.63, 3.8) is 0 Å². The normalized spacial score (nSPS) is 11.3. The van der Waals surface area contributed by atoms with Crippen molar-refractivity contribution in [1.29, 1.82) is 0 Å². The number of nitrogens with zero attached hydrogens (tertiary/aromatic N) is 3. The molecule has 0 fully saturated rings. The number of hydrogen-bond donors (Lipinski definition) is 0. The zero-order valence-corrected chi connectivity index (χ0v) is 9.75. The highest BCUT2D eigenvalue weighted by molar-refractivity contribution is 9.10. The minimum atomic E-state index is -0.188. The zero-order valence-electron chi connectivity index (χ0n) is 7.35. The van der Waals surface area contributed by atoms with E-state index in [4.69, 9.17) is 0 Å². The van der Waals surface area contributed by atoms with Crippen molar-refractivity contribution in [2.45, 2.75) is 0 Å². The first-order valence-electron chi connectivity index (χ1n) is 4.17. The van der Waals surface area contributed by atoms with Crippen LogP contribution >= 0.6 is 27.3 Å². The lowest BCUT2D eigenvalue weighted by Crippen LogP contribution is -1.99. The van der Waals surface area contributed by atoms with Gasteiger partial charge in [0.15, 0.2) is 5.82 Å². The molecule has 3 rings (SSSR count). The lowest BCUT2D eigenvalue weighted by Gasteiger charge is -2.04. The molecule has 0 unspecified atom stereocenters. The van der Waals surface area contributed by atoms with Gasteiger partial charge in [0.05, 0.1) is 11.1 Å². The number of fused-ring (bicyclic) bond motifs is 3. The van der Waals surface area contributed by atoms with Gasteiger partial charge in [0.2, 0.25) is 0 Å². The molecule has 0 radical (unpaired) electrons. The Morgan fingerprint density at radius 1 is 1.40 bits per heavy atom. The van der Waals surface area contributed by atoms with Gasteiger partial charge in [-0.25, -0.2) is 4.98 Å². The van der Waals surface area contributed by atoms with Crippen molar-refractivity contribution in [2.75, 3.05) is 0 Å². The number of halogens is 1. The summed E-state index contributed by atoms with van der Waals surface area (Å²) in [6, 6.07) is 3.77. The van der Waals surface area contributed by atoms with Crippen LogP contribution in [0.15, 0.2) is 33.8 Å². The summed E-state index contributed by atoms with van der Waals surface area (Å²) in [5, 5.41) is 0. The third-order valence-electron chi connectivity index (χ3n) is 2.05. The Morgan fingerprint density at radius 2 is 2.27 bits per heavy atom. The average Bonchev–Trinajstić information content (AvgIpc) is 2.58. The van der Waals surface area contributed by atoms with Crippen LogP contribution in [-0.2, 0) is 0 Å². The van der Waals surface area contributed by atoms with E-state index in [-0.39, 0.29) is 4.87 Å². The topological polar surface area (TPSA) is 47.3 Å². The smallest absolute Gasteiger partial charge is 0.283 e. The lowest BCUT2D eigenvalue weighted by atomic mass is 10.4. The predicted molar refractivity (Wildman–Crippen MR) is 61.5 cm³/mol. The monoisotopic (exact) mass is 281 g/mol. The molecule has 15 heavy (non-hydrogen) atoms. The van der Waals surface area contributed by atoms with Gasteiger partial charge in [-0.3, -0.25) is 9.20 Å². The van der Waals surface area contributed by atoms with Crippen molar-refractivity contribution < 1.29 is 0 Å². The van der Waals surface area contributed by atoms with Crippen LogP contribution in [0, 0.1) is 0 Å². The molecular weight excluding hydrogens is 278 g/mol. The molecule has 0 N–H and O–H groups in total. The van der Waals surface area contributed by atoms with Crippen molar-refractivity contribution in [2.24, 2.45) is 0 Å². The fraction of sp³-hybridized carbons (Fsp3) is 0. The molecule has 0 bridgehead atoms. The summed E-state index contributed by atoms with van der Waals surface area (Å²) >= 11 is 4.48. The quantitative estimate of drug-likeness (QED) is 0.633. The molecular formula is C9H4BrN3OS. The zero-order chi connectivity index (χ0) is 10.4. The summed E-state index contributed by atoms with van der Waals surface area (Å²) in [6.07, 6.45) is 3.53. The molecule has 0 saturated heterocycles. The standard InChI is InChI=1S/C9H4BrN3OS/c10-5-1-2-7-11-3-6-8(13(7)4-5)12-9(14)15-6/h1-4H. The van der Waals surface area contributed by atoms with E-state index in [1.165, 1.54) is 0 Å². The molecule has 0 aromatic carbocycles. The summed E-state index contributed by atoms with van der Waals surface area (Å²) < 4.78 is 2.73. The van der Waals surface area contributed by atoms with Gasteiger partial charge >= 0.3 is 4.87 Å². The first-order chi connectivity index (χ1) is 7.24. The van der Waals surface area contributed by atoms with E-state index >= 15 is 0 Å². The van der Waals surface area contributed by atoms with Gasteiger partial charge < -0.3 is 0 Å². The van der Waals surface area contributed by atoms with E-state index in [1.54, 1.807) is 10.6 Å². The van der Waals surface area contributed by atoms with Crippen molar-refractivity contribution >= 4 is 32.9 Å². The summed E-state index contributed by atoms with van der Waals surface area (Å²) in [5.41, 5.74) is 0.774. The van der Waals surface area contributed by atoms with Gasteiger partial charge in [-0.15, -0.1) is 0 Å². The Labute approximate surface area is 96.7 Å². The van der Waals surface area contributed by atoms with E-state index in [0.717, 1.165) is 26.3 Å². The second kappa shape index (κ2) is 3.11. The van der Waals surface area contributed by atoms with E-state index in [1.807, 2.05) is 18.3 Å². The van der Waals surface area contributed by atoms with Crippen molar-refractivity contribution in [3.05, 3.63) is 38.7 Å². The van der Waals surface area contributed by atoms with Gasteiger partial charge in [-0.2, -0.15) is 4.98 Å². The largest absolute Gasteiger partial charge is 0.329 e. The highest BCUT2D eigenvalue weighted by Crippen LogP contribution is 2.23. The molecule has 4 nitrogen and oxygen atoms in total. The van der Waals surface area contributed by atoms with Gasteiger partial charge in [0.1, 0.15) is 5.65 Å². The molecule has 3 heterocycles. The van der Waals surface area contributed by atoms with Gasteiger partial charge in [-0.1, -0.05) is 11.3 Å². The highest BCUT2D eigenvalue weighted by Gasteiger charge is 2.12. The third kappa shape index (κ3) is 1.37. The number of pyridine rings is 1. The molecule has 2 aliphatic heterocycles. The van der Waals surface area contributed by atoms with Crippen LogP contribution in [-0.4, -0.2) is 14.4 Å². The Balaban J connectivity index is 2.56. The Morgan fingerprint density at radius 3 is 3.13 bits per heavy atom. The van der Waals surface area contributed by atoms with Gasteiger partial charge in [0, 0.05) is 10.7 Å². The Kier molecular flexibility index (Phi) is 1.86. The van der Waals surface area contributed by atoms with Crippen LogP contribution < -0.4 is 4.87 Å². The maximum absolute atomic E-state index is 11.2. The second-order valence-electron chi connectivity index (χ2n) is 3.00. The molecule has 0 amide bonds. The van der Waals surface area contributed by atoms with Gasteiger partial charge in [-0.05, 0) is 28.1 Å². The average molecular weight is 282 g/mol. The van der Waals surface area contributed by atoms with Crippen molar-refractivity contribution in [1.82, 2.24) is 14.4 Å². The lowest BCUT2D eigenvalue weighted by molar-refractivity contribution is 1.06. The molecule has 1 aromatic heterocycles. The number of hydrogen-bond acceptors (Lipinski definition) is 4. The first-order valence-corrected chi connectivity index (χ1v) is 5.78. The molecule has 2 aliphatic rings. The number of aromatic nitrogens is 3. The fourth-order valence-electron chi connectivity index (χ4n) is 1.43. The number of thiazole rings is 1. The van der Waals surface area contributed by atoms with E-state index in [9.17, 15) is 4.79 Å². The maximum atomic E-state index is 11.2. The fourth-order valence-corrected chi connectivity index (χ4v) is 2.43. The molecule has 0 aliphatic carbocycles. The van der Waals surface area contributed by atoms with E-state index < -0.39 is 0 Å². The molecule has 6 heteroatoms. The number of rotatable bonds is 0. The Bertz CT molecular complexity index is 675. The van der Waals surface area contributed by atoms with Gasteiger partial charge in [0.25, 0.3) is 0 Å². The summed E-state index contributed by atoms with van der Waals surface area (Å²) in [4.78, 5) is 20.0. The molecule has 0 saturated carbocycles. The van der Waals surface area contributed by atoms with Crippen LogP contribution in [0.1, 0.15) is 0 Å². The molecule has 0 spiro atoms. The van der Waals surface area contributed by atoms with Crippen LogP contribution in [0.3, 0.4) is 0 Å². The van der Waals surface area contributed by atoms with Crippen molar-refractivity contribution in [3.8, 4) is 10.7 Å². The molecule has 74 valence electrons. The van der Waals surface area contributed by atoms with Crippen LogP contribution in [0.5, 0.6) is 0 Å². The SMILES string of the molecule is O=c1nc2n3cc(Br)ccc3ncc-2s1. The summed E-state index contributed by atoms with van der Waals surface area (Å²) in [6.45, 7) is 0. The summed E-state index contributed by atoms with van der Waals surface area (Å²) in [7, 11) is 0. The van der Waals surface area contributed by atoms with E-state index in [0.29, 0.717) is 5.82 Å². The van der Waals surface area contributed by atoms with Crippen LogP contribution in [0.4, 0.5) is 0 Å². The highest BCUT2D eigenvalue weighted by atomic mass is 79.9.